The highest BCUT2D eigenvalue weighted by atomic mass is 32.3. The summed E-state index contributed by atoms with van der Waals surface area (Å²) in [7, 11) is -4.74. The molecular formula is C9H11N3O5S2. The summed E-state index contributed by atoms with van der Waals surface area (Å²) in [6, 6.07) is 0.373. The largest absolute Gasteiger partial charge is 0.418 e. The van der Waals surface area contributed by atoms with Crippen LogP contribution in [0, 0.1) is 0 Å². The number of urea groups is 1. The molecule has 3 rings (SSSR count). The molecule has 10 heteroatoms. The highest BCUT2D eigenvalue weighted by Gasteiger charge is 2.50. The van der Waals surface area contributed by atoms with Crippen molar-refractivity contribution in [3.8, 4) is 0 Å². The van der Waals surface area contributed by atoms with E-state index in [1.165, 1.54) is 16.2 Å². The molecule has 2 unspecified atom stereocenters. The van der Waals surface area contributed by atoms with Gasteiger partial charge in [0.2, 0.25) is 0 Å². The van der Waals surface area contributed by atoms with E-state index in [9.17, 15) is 13.2 Å². The quantitative estimate of drug-likeness (QED) is 0.775. The van der Waals surface area contributed by atoms with Gasteiger partial charge < -0.3 is 10.6 Å². The molecule has 1 fully saturated rings. The van der Waals surface area contributed by atoms with Crippen LogP contribution in [-0.4, -0.2) is 42.1 Å². The van der Waals surface area contributed by atoms with Gasteiger partial charge in [-0.25, -0.2) is 4.79 Å². The Morgan fingerprint density at radius 3 is 2.95 bits per heavy atom. The van der Waals surface area contributed by atoms with E-state index in [-0.39, 0.29) is 12.6 Å². The van der Waals surface area contributed by atoms with Crippen molar-refractivity contribution in [2.45, 2.75) is 12.1 Å². The number of nitrogens with two attached hydrogens (primary N) is 1. The average Bonchev–Trinajstić information content (AvgIpc) is 2.89. The molecule has 1 aromatic heterocycles. The Labute approximate surface area is 113 Å². The molecule has 1 saturated heterocycles. The zero-order valence-corrected chi connectivity index (χ0v) is 11.2. The zero-order chi connectivity index (χ0) is 13.8. The number of carbonyl (C=O) groups is 1. The molecule has 2 amide bonds. The number of fused-ring (bicyclic) bond motifs is 4. The number of hydroxylamine groups is 2. The highest BCUT2D eigenvalue weighted by molar-refractivity contribution is 7.80. The molecule has 104 valence electrons. The first-order valence-electron chi connectivity index (χ1n) is 5.46. The predicted octanol–water partition coefficient (Wildman–Crippen LogP) is 0.275. The van der Waals surface area contributed by atoms with Gasteiger partial charge >= 0.3 is 16.4 Å². The smallest absolute Gasteiger partial charge is 0.328 e. The lowest BCUT2D eigenvalue weighted by Gasteiger charge is -2.29. The standard InChI is InChI=1S/C9H11N3O5S2/c10-3-6-8-5(1-2-18-8)7-4-11(6)9(13)12(7)17-19(14,15)16/h1-2,6-7H,3-4,10H2,(H,14,15,16). The second kappa shape index (κ2) is 4.15. The third kappa shape index (κ3) is 1.92. The van der Waals surface area contributed by atoms with Crippen molar-refractivity contribution in [3.63, 3.8) is 0 Å². The van der Waals surface area contributed by atoms with Crippen molar-refractivity contribution >= 4 is 27.8 Å². The minimum Gasteiger partial charge on any atom is -0.328 e. The van der Waals surface area contributed by atoms with Gasteiger partial charge in [-0.1, -0.05) is 0 Å². The van der Waals surface area contributed by atoms with Crippen LogP contribution < -0.4 is 5.73 Å². The lowest BCUT2D eigenvalue weighted by Crippen LogP contribution is -2.37. The molecule has 0 radical (unpaired) electrons. The van der Waals surface area contributed by atoms with Crippen LogP contribution in [0.3, 0.4) is 0 Å². The maximum Gasteiger partial charge on any atom is 0.418 e. The number of rotatable bonds is 3. The molecule has 19 heavy (non-hydrogen) atoms. The zero-order valence-electron chi connectivity index (χ0n) is 9.59. The maximum absolute atomic E-state index is 12.1. The van der Waals surface area contributed by atoms with Gasteiger partial charge in [-0.15, -0.1) is 15.6 Å². The number of nitrogens with zero attached hydrogens (tertiary/aromatic N) is 2. The second-order valence-corrected chi connectivity index (χ2v) is 6.22. The van der Waals surface area contributed by atoms with Crippen LogP contribution in [0.5, 0.6) is 0 Å². The van der Waals surface area contributed by atoms with Gasteiger partial charge in [-0.05, 0) is 17.0 Å². The Morgan fingerprint density at radius 2 is 2.32 bits per heavy atom. The Morgan fingerprint density at radius 1 is 1.58 bits per heavy atom. The Kier molecular flexibility index (Phi) is 2.80. The third-order valence-corrected chi connectivity index (χ3v) is 4.63. The number of hydrogen-bond donors (Lipinski definition) is 2. The molecule has 3 heterocycles. The molecule has 8 nitrogen and oxygen atoms in total. The molecule has 0 saturated carbocycles. The first kappa shape index (κ1) is 12.8. The van der Waals surface area contributed by atoms with Crippen LogP contribution in [0.25, 0.3) is 0 Å². The van der Waals surface area contributed by atoms with Crippen LogP contribution >= 0.6 is 11.3 Å². The average molecular weight is 305 g/mol. The first-order chi connectivity index (χ1) is 8.92. The van der Waals surface area contributed by atoms with Gasteiger partial charge in [0.05, 0.1) is 12.6 Å². The molecule has 0 aliphatic carbocycles. The van der Waals surface area contributed by atoms with Gasteiger partial charge in [0.1, 0.15) is 6.04 Å². The molecule has 2 bridgehead atoms. The van der Waals surface area contributed by atoms with Crippen LogP contribution in [0.4, 0.5) is 4.79 Å². The van der Waals surface area contributed by atoms with E-state index in [0.29, 0.717) is 11.6 Å². The number of carbonyl (C=O) groups excluding carboxylic acids is 1. The third-order valence-electron chi connectivity index (χ3n) is 3.25. The van der Waals surface area contributed by atoms with Crippen molar-refractivity contribution in [1.82, 2.24) is 9.96 Å². The number of amides is 2. The Balaban J connectivity index is 2.04. The van der Waals surface area contributed by atoms with Gasteiger partial charge in [0.15, 0.2) is 0 Å². The summed E-state index contributed by atoms with van der Waals surface area (Å²) >= 11 is 1.46. The summed E-state index contributed by atoms with van der Waals surface area (Å²) in [5, 5.41) is 2.54. The topological polar surface area (TPSA) is 113 Å². The summed E-state index contributed by atoms with van der Waals surface area (Å²) in [5.41, 5.74) is 6.49. The van der Waals surface area contributed by atoms with Crippen molar-refractivity contribution in [1.29, 1.82) is 0 Å². The minimum absolute atomic E-state index is 0.242. The Bertz CT molecular complexity index is 628. The fourth-order valence-corrected chi connectivity index (χ4v) is 3.97. The second-order valence-electron chi connectivity index (χ2n) is 4.27. The predicted molar refractivity (Wildman–Crippen MR) is 65.4 cm³/mol. The van der Waals surface area contributed by atoms with Gasteiger partial charge in [-0.3, -0.25) is 4.55 Å². The van der Waals surface area contributed by atoms with E-state index in [1.807, 2.05) is 11.4 Å². The summed E-state index contributed by atoms with van der Waals surface area (Å²) in [6.45, 7) is 0.533. The molecule has 2 atom stereocenters. The van der Waals surface area contributed by atoms with Crippen molar-refractivity contribution < 1.29 is 22.0 Å². The number of thiophene rings is 1. The molecule has 0 aromatic carbocycles. The van der Waals surface area contributed by atoms with Crippen LogP contribution in [0.2, 0.25) is 0 Å². The molecule has 1 aromatic rings. The first-order valence-corrected chi connectivity index (χ1v) is 7.71. The molecular weight excluding hydrogens is 294 g/mol. The van der Waals surface area contributed by atoms with E-state index >= 15 is 0 Å². The Hall–Kier alpha value is -1.20. The molecule has 0 spiro atoms. The van der Waals surface area contributed by atoms with Gasteiger partial charge in [-0.2, -0.15) is 13.5 Å². The summed E-state index contributed by atoms with van der Waals surface area (Å²) in [6.07, 6.45) is 0. The highest BCUT2D eigenvalue weighted by Crippen LogP contribution is 2.45. The van der Waals surface area contributed by atoms with Crippen LogP contribution in [0.15, 0.2) is 11.4 Å². The maximum atomic E-state index is 12.1. The summed E-state index contributed by atoms with van der Waals surface area (Å²) in [4.78, 5) is 14.5. The normalized spacial score (nSPS) is 25.9. The van der Waals surface area contributed by atoms with Gasteiger partial charge in [0, 0.05) is 11.4 Å². The summed E-state index contributed by atoms with van der Waals surface area (Å²) in [5.74, 6) is 0. The SMILES string of the molecule is NCC1c2sccc2C2CN1C(=O)N2OS(=O)(=O)O. The van der Waals surface area contributed by atoms with E-state index < -0.39 is 22.5 Å². The van der Waals surface area contributed by atoms with E-state index in [4.69, 9.17) is 10.3 Å². The number of hydrogen-bond acceptors (Lipinski definition) is 6. The van der Waals surface area contributed by atoms with E-state index in [0.717, 1.165) is 10.4 Å². The molecule has 2 aliphatic heterocycles. The van der Waals surface area contributed by atoms with Crippen LogP contribution in [0.1, 0.15) is 22.5 Å². The fraction of sp³-hybridized carbons (Fsp3) is 0.444. The van der Waals surface area contributed by atoms with Gasteiger partial charge in [0.25, 0.3) is 0 Å². The van der Waals surface area contributed by atoms with Crippen molar-refractivity contribution in [2.75, 3.05) is 13.1 Å². The van der Waals surface area contributed by atoms with Crippen molar-refractivity contribution in [2.24, 2.45) is 5.73 Å². The fourth-order valence-electron chi connectivity index (χ4n) is 2.52. The lowest BCUT2D eigenvalue weighted by atomic mass is 10.00. The lowest BCUT2D eigenvalue weighted by molar-refractivity contribution is -0.0316. The van der Waals surface area contributed by atoms with E-state index in [2.05, 4.69) is 4.28 Å². The molecule has 2 aliphatic rings. The van der Waals surface area contributed by atoms with Crippen LogP contribution in [-0.2, 0) is 14.7 Å². The minimum atomic E-state index is -4.74. The summed E-state index contributed by atoms with van der Waals surface area (Å²) < 4.78 is 34.8. The monoisotopic (exact) mass is 305 g/mol. The van der Waals surface area contributed by atoms with E-state index in [1.54, 1.807) is 0 Å². The molecule has 3 N–H and O–H groups in total. The van der Waals surface area contributed by atoms with Crippen molar-refractivity contribution in [3.05, 3.63) is 21.9 Å².